The molecule has 1 amide bonds. The molecule has 2 aromatic carbocycles. The van der Waals surface area contributed by atoms with Crippen molar-refractivity contribution in [3.63, 3.8) is 0 Å². The molecule has 5 rings (SSSR count). The van der Waals surface area contributed by atoms with Gasteiger partial charge in [-0.3, -0.25) is 14.6 Å². The number of hydrogen-bond acceptors (Lipinski definition) is 6. The number of ether oxygens (including phenoxy) is 3. The summed E-state index contributed by atoms with van der Waals surface area (Å²) in [6.07, 6.45) is 8.17. The monoisotopic (exact) mass is 531 g/mol. The van der Waals surface area contributed by atoms with Crippen molar-refractivity contribution in [1.82, 2.24) is 9.97 Å². The zero-order valence-electron chi connectivity index (χ0n) is 22.1. The second-order valence-corrected chi connectivity index (χ2v) is 9.64. The van der Waals surface area contributed by atoms with Crippen LogP contribution in [0.3, 0.4) is 0 Å². The Kier molecular flexibility index (Phi) is 7.49. The Bertz CT molecular complexity index is 1590. The van der Waals surface area contributed by atoms with Gasteiger partial charge in [-0.2, -0.15) is 0 Å². The molecule has 0 bridgehead atoms. The van der Waals surface area contributed by atoms with Gasteiger partial charge in [0.05, 0.1) is 19.7 Å². The summed E-state index contributed by atoms with van der Waals surface area (Å²) in [6.45, 7) is 1.86. The van der Waals surface area contributed by atoms with Crippen LogP contribution in [-0.2, 0) is 0 Å². The van der Waals surface area contributed by atoms with Gasteiger partial charge in [-0.05, 0) is 49.9 Å². The summed E-state index contributed by atoms with van der Waals surface area (Å²) in [6, 6.07) is 9.15. The van der Waals surface area contributed by atoms with Crippen molar-refractivity contribution in [2.24, 2.45) is 0 Å². The molecule has 2 aromatic heterocycles. The summed E-state index contributed by atoms with van der Waals surface area (Å²) in [5.74, 6) is 0.204. The standard InChI is InChI=1S/C30H30FN3O5/c1-17-28(18-7-5-4-6-8-18)29(35)21(16-33-17)30(36)34-19-9-10-25(22(31)13-19)39-24-11-12-32-23-15-27(38-3)26(37-2)14-20(23)24/h9-16,18H,4-8H2,1-3H3,(H,33,35)(H,34,36). The van der Waals surface area contributed by atoms with Gasteiger partial charge >= 0.3 is 0 Å². The SMILES string of the molecule is COc1cc2nccc(Oc3ccc(NC(=O)c4c[nH]c(C)c(C5CCCCC5)c4=O)cc3F)c2cc1OC. The Hall–Kier alpha value is -4.40. The Morgan fingerprint density at radius 2 is 1.74 bits per heavy atom. The zero-order chi connectivity index (χ0) is 27.5. The molecular weight excluding hydrogens is 501 g/mol. The number of aromatic amines is 1. The number of rotatable bonds is 7. The van der Waals surface area contributed by atoms with E-state index in [-0.39, 0.29) is 28.3 Å². The minimum atomic E-state index is -0.682. The highest BCUT2D eigenvalue weighted by Gasteiger charge is 2.24. The van der Waals surface area contributed by atoms with Crippen molar-refractivity contribution in [3.05, 3.63) is 81.7 Å². The topological polar surface area (TPSA) is 103 Å². The number of H-pyrrole nitrogens is 1. The molecule has 0 radical (unpaired) electrons. The molecular formula is C30H30FN3O5. The highest BCUT2D eigenvalue weighted by atomic mass is 19.1. The van der Waals surface area contributed by atoms with E-state index in [2.05, 4.69) is 15.3 Å². The Labute approximate surface area is 225 Å². The number of nitrogens with one attached hydrogen (secondary N) is 2. The van der Waals surface area contributed by atoms with E-state index in [9.17, 15) is 9.59 Å². The summed E-state index contributed by atoms with van der Waals surface area (Å²) in [4.78, 5) is 33.7. The van der Waals surface area contributed by atoms with Crippen molar-refractivity contribution in [2.45, 2.75) is 44.9 Å². The molecule has 1 fully saturated rings. The fourth-order valence-corrected chi connectivity index (χ4v) is 5.21. The molecule has 0 aliphatic heterocycles. The number of amides is 1. The summed E-state index contributed by atoms with van der Waals surface area (Å²) in [5, 5.41) is 3.25. The highest BCUT2D eigenvalue weighted by molar-refractivity contribution is 6.04. The average Bonchev–Trinajstić information content (AvgIpc) is 2.94. The second kappa shape index (κ2) is 11.1. The number of hydrogen-bond donors (Lipinski definition) is 2. The number of aromatic nitrogens is 2. The Morgan fingerprint density at radius 1 is 1.00 bits per heavy atom. The molecule has 4 aromatic rings. The summed E-state index contributed by atoms with van der Waals surface area (Å²) in [5.41, 5.74) is 1.99. The number of carbonyl (C=O) groups excluding carboxylic acids is 1. The number of carbonyl (C=O) groups is 1. The van der Waals surface area contributed by atoms with Crippen molar-refractivity contribution in [3.8, 4) is 23.0 Å². The minimum absolute atomic E-state index is 0.00883. The summed E-state index contributed by atoms with van der Waals surface area (Å²) >= 11 is 0. The van der Waals surface area contributed by atoms with Gasteiger partial charge in [0.15, 0.2) is 28.5 Å². The fourth-order valence-electron chi connectivity index (χ4n) is 5.21. The maximum absolute atomic E-state index is 15.1. The smallest absolute Gasteiger partial charge is 0.261 e. The maximum atomic E-state index is 15.1. The van der Waals surface area contributed by atoms with Crippen LogP contribution in [0.15, 0.2) is 53.6 Å². The van der Waals surface area contributed by atoms with Crippen LogP contribution in [0, 0.1) is 12.7 Å². The van der Waals surface area contributed by atoms with Crippen LogP contribution >= 0.6 is 0 Å². The Morgan fingerprint density at radius 3 is 2.46 bits per heavy atom. The number of pyridine rings is 2. The van der Waals surface area contributed by atoms with E-state index in [1.54, 1.807) is 24.4 Å². The molecule has 202 valence electrons. The van der Waals surface area contributed by atoms with E-state index < -0.39 is 11.7 Å². The molecule has 2 N–H and O–H groups in total. The van der Waals surface area contributed by atoms with Gasteiger partial charge < -0.3 is 24.5 Å². The number of halogens is 1. The summed E-state index contributed by atoms with van der Waals surface area (Å²) < 4.78 is 31.7. The number of benzene rings is 2. The first kappa shape index (κ1) is 26.2. The third-order valence-electron chi connectivity index (χ3n) is 7.20. The van der Waals surface area contributed by atoms with Crippen molar-refractivity contribution >= 4 is 22.5 Å². The van der Waals surface area contributed by atoms with Crippen molar-refractivity contribution in [2.75, 3.05) is 19.5 Å². The molecule has 0 unspecified atom stereocenters. The van der Waals surface area contributed by atoms with Crippen LogP contribution in [0.2, 0.25) is 0 Å². The van der Waals surface area contributed by atoms with Crippen LogP contribution in [0.25, 0.3) is 10.9 Å². The summed E-state index contributed by atoms with van der Waals surface area (Å²) in [7, 11) is 3.05. The van der Waals surface area contributed by atoms with Gasteiger partial charge in [0.2, 0.25) is 0 Å². The van der Waals surface area contributed by atoms with Crippen LogP contribution in [0.4, 0.5) is 10.1 Å². The fraction of sp³-hybridized carbons (Fsp3) is 0.300. The quantitative estimate of drug-likeness (QED) is 0.283. The van der Waals surface area contributed by atoms with E-state index in [1.165, 1.54) is 39.0 Å². The molecule has 39 heavy (non-hydrogen) atoms. The Balaban J connectivity index is 1.37. The van der Waals surface area contributed by atoms with Gasteiger partial charge in [-0.1, -0.05) is 19.3 Å². The maximum Gasteiger partial charge on any atom is 0.261 e. The largest absolute Gasteiger partial charge is 0.493 e. The average molecular weight is 532 g/mol. The van der Waals surface area contributed by atoms with Crippen LogP contribution in [0.5, 0.6) is 23.0 Å². The van der Waals surface area contributed by atoms with Gasteiger partial charge in [0.1, 0.15) is 11.3 Å². The third-order valence-corrected chi connectivity index (χ3v) is 7.20. The lowest BCUT2D eigenvalue weighted by Crippen LogP contribution is -2.27. The molecule has 2 heterocycles. The number of methoxy groups -OCH3 is 2. The second-order valence-electron chi connectivity index (χ2n) is 9.64. The lowest BCUT2D eigenvalue weighted by molar-refractivity contribution is 0.102. The van der Waals surface area contributed by atoms with Crippen LogP contribution < -0.4 is 25.0 Å². The number of fused-ring (bicyclic) bond motifs is 1. The predicted molar refractivity (Wildman–Crippen MR) is 147 cm³/mol. The highest BCUT2D eigenvalue weighted by Crippen LogP contribution is 2.38. The number of anilines is 1. The van der Waals surface area contributed by atoms with Crippen LogP contribution in [0.1, 0.15) is 59.6 Å². The first-order valence-electron chi connectivity index (χ1n) is 12.9. The first-order chi connectivity index (χ1) is 18.9. The molecule has 1 aliphatic rings. The van der Waals surface area contributed by atoms with Crippen molar-refractivity contribution in [1.29, 1.82) is 0 Å². The van der Waals surface area contributed by atoms with E-state index in [0.717, 1.165) is 37.4 Å². The lowest BCUT2D eigenvalue weighted by atomic mass is 9.83. The lowest BCUT2D eigenvalue weighted by Gasteiger charge is -2.23. The van der Waals surface area contributed by atoms with Gasteiger partial charge in [-0.15, -0.1) is 0 Å². The third kappa shape index (κ3) is 5.30. The molecule has 9 heteroatoms. The number of aryl methyl sites for hydroxylation is 1. The van der Waals surface area contributed by atoms with E-state index in [0.29, 0.717) is 33.7 Å². The molecule has 8 nitrogen and oxygen atoms in total. The van der Waals surface area contributed by atoms with E-state index >= 15 is 4.39 Å². The normalized spacial score (nSPS) is 13.7. The van der Waals surface area contributed by atoms with Gasteiger partial charge in [-0.25, -0.2) is 4.39 Å². The molecule has 1 saturated carbocycles. The minimum Gasteiger partial charge on any atom is -0.493 e. The van der Waals surface area contributed by atoms with Crippen molar-refractivity contribution < 1.29 is 23.4 Å². The number of nitrogens with zero attached hydrogens (tertiary/aromatic N) is 1. The molecule has 1 aliphatic carbocycles. The zero-order valence-corrected chi connectivity index (χ0v) is 22.1. The van der Waals surface area contributed by atoms with Gasteiger partial charge in [0, 0.05) is 46.9 Å². The first-order valence-corrected chi connectivity index (χ1v) is 12.9. The van der Waals surface area contributed by atoms with E-state index in [4.69, 9.17) is 14.2 Å². The van der Waals surface area contributed by atoms with Crippen LogP contribution in [-0.4, -0.2) is 30.1 Å². The molecule has 0 saturated heterocycles. The van der Waals surface area contributed by atoms with Gasteiger partial charge in [0.25, 0.3) is 5.91 Å². The van der Waals surface area contributed by atoms with E-state index in [1.807, 2.05) is 6.92 Å². The molecule has 0 spiro atoms. The predicted octanol–water partition coefficient (Wildman–Crippen LogP) is 6.48. The molecule has 0 atom stereocenters.